The Kier molecular flexibility index (Phi) is 3.71. The van der Waals surface area contributed by atoms with Crippen LogP contribution < -0.4 is 16.4 Å². The van der Waals surface area contributed by atoms with Gasteiger partial charge in [-0.3, -0.25) is 14.4 Å². The molecule has 3 N–H and O–H groups in total. The van der Waals surface area contributed by atoms with E-state index in [0.717, 1.165) is 6.07 Å². The molecule has 0 bridgehead atoms. The van der Waals surface area contributed by atoms with E-state index in [9.17, 15) is 18.8 Å². The molecule has 0 spiro atoms. The van der Waals surface area contributed by atoms with Crippen LogP contribution in [0.3, 0.4) is 0 Å². The summed E-state index contributed by atoms with van der Waals surface area (Å²) in [6.45, 7) is 0. The van der Waals surface area contributed by atoms with E-state index in [0.29, 0.717) is 11.0 Å². The van der Waals surface area contributed by atoms with Crippen molar-refractivity contribution in [1.82, 2.24) is 9.97 Å². The van der Waals surface area contributed by atoms with Crippen molar-refractivity contribution >= 4 is 34.2 Å². The molecule has 3 aromatic rings. The van der Waals surface area contributed by atoms with Crippen molar-refractivity contribution in [3.63, 3.8) is 0 Å². The van der Waals surface area contributed by atoms with E-state index in [-0.39, 0.29) is 16.3 Å². The highest BCUT2D eigenvalue weighted by Crippen LogP contribution is 2.23. The van der Waals surface area contributed by atoms with Crippen LogP contribution in [0.25, 0.3) is 11.0 Å². The zero-order chi connectivity index (χ0) is 16.6. The summed E-state index contributed by atoms with van der Waals surface area (Å²) in [5.41, 5.74) is -0.378. The van der Waals surface area contributed by atoms with Gasteiger partial charge in [-0.25, -0.2) is 4.39 Å². The van der Waals surface area contributed by atoms with Crippen LogP contribution in [0, 0.1) is 5.82 Å². The standard InChI is InChI=1S/C15H9ClFN3O3/c16-9-6-8(17)2-4-10(9)18-13(21)7-1-3-11-12(5-7)20-15(23)14(22)19-11/h1-6H,(H,18,21)(H,19,22)(H,20,23). The highest BCUT2D eigenvalue weighted by Gasteiger charge is 2.10. The van der Waals surface area contributed by atoms with Crippen LogP contribution in [0.1, 0.15) is 10.4 Å². The molecule has 2 aromatic carbocycles. The molecule has 0 saturated carbocycles. The molecule has 0 atom stereocenters. The predicted molar refractivity (Wildman–Crippen MR) is 84.6 cm³/mol. The maximum atomic E-state index is 13.0. The van der Waals surface area contributed by atoms with Crippen LogP contribution in [0.5, 0.6) is 0 Å². The van der Waals surface area contributed by atoms with Gasteiger partial charge in [-0.15, -0.1) is 0 Å². The Morgan fingerprint density at radius 3 is 2.39 bits per heavy atom. The first-order chi connectivity index (χ1) is 10.9. The quantitative estimate of drug-likeness (QED) is 0.628. The highest BCUT2D eigenvalue weighted by molar-refractivity contribution is 6.33. The van der Waals surface area contributed by atoms with Crippen LogP contribution in [0.4, 0.5) is 10.1 Å². The third-order valence-electron chi connectivity index (χ3n) is 3.16. The third kappa shape index (κ3) is 3.00. The second kappa shape index (κ2) is 5.69. The van der Waals surface area contributed by atoms with Gasteiger partial charge in [0.2, 0.25) is 0 Å². The zero-order valence-corrected chi connectivity index (χ0v) is 12.2. The first-order valence-electron chi connectivity index (χ1n) is 6.47. The monoisotopic (exact) mass is 333 g/mol. The van der Waals surface area contributed by atoms with Crippen molar-refractivity contribution in [3.8, 4) is 0 Å². The lowest BCUT2D eigenvalue weighted by molar-refractivity contribution is 0.102. The second-order valence-corrected chi connectivity index (χ2v) is 5.15. The number of benzene rings is 2. The molecule has 6 nitrogen and oxygen atoms in total. The van der Waals surface area contributed by atoms with E-state index in [1.807, 2.05) is 0 Å². The van der Waals surface area contributed by atoms with Crippen LogP contribution >= 0.6 is 11.6 Å². The molecule has 23 heavy (non-hydrogen) atoms. The number of aromatic nitrogens is 2. The maximum absolute atomic E-state index is 13.0. The van der Waals surface area contributed by atoms with Crippen molar-refractivity contribution in [3.05, 3.63) is 73.5 Å². The number of nitrogens with one attached hydrogen (secondary N) is 3. The van der Waals surface area contributed by atoms with E-state index in [4.69, 9.17) is 11.6 Å². The van der Waals surface area contributed by atoms with Gasteiger partial charge in [0, 0.05) is 5.56 Å². The Hall–Kier alpha value is -2.93. The maximum Gasteiger partial charge on any atom is 0.314 e. The highest BCUT2D eigenvalue weighted by atomic mass is 35.5. The van der Waals surface area contributed by atoms with E-state index >= 15 is 0 Å². The van der Waals surface area contributed by atoms with Gasteiger partial charge in [-0.05, 0) is 36.4 Å². The van der Waals surface area contributed by atoms with Gasteiger partial charge >= 0.3 is 11.1 Å². The van der Waals surface area contributed by atoms with Crippen LogP contribution in [0.15, 0.2) is 46.0 Å². The van der Waals surface area contributed by atoms with Gasteiger partial charge in [0.05, 0.1) is 21.7 Å². The number of hydrogen-bond donors (Lipinski definition) is 3. The Labute approximate surface area is 132 Å². The summed E-state index contributed by atoms with van der Waals surface area (Å²) in [6.07, 6.45) is 0. The summed E-state index contributed by atoms with van der Waals surface area (Å²) >= 11 is 5.85. The minimum atomic E-state index is -0.809. The fourth-order valence-corrected chi connectivity index (χ4v) is 2.26. The fourth-order valence-electron chi connectivity index (χ4n) is 2.04. The minimum absolute atomic E-state index is 0.0666. The Bertz CT molecular complexity index is 1040. The van der Waals surface area contributed by atoms with Crippen molar-refractivity contribution in [2.75, 3.05) is 5.32 Å². The number of hydrogen-bond acceptors (Lipinski definition) is 3. The molecule has 0 aliphatic rings. The van der Waals surface area contributed by atoms with Gasteiger partial charge in [0.15, 0.2) is 0 Å². The van der Waals surface area contributed by atoms with E-state index < -0.39 is 22.8 Å². The Morgan fingerprint density at radius 2 is 1.70 bits per heavy atom. The molecule has 0 radical (unpaired) electrons. The van der Waals surface area contributed by atoms with E-state index in [1.165, 1.54) is 30.3 Å². The fraction of sp³-hybridized carbons (Fsp3) is 0. The number of fused-ring (bicyclic) bond motifs is 1. The molecular weight excluding hydrogens is 325 g/mol. The van der Waals surface area contributed by atoms with Gasteiger partial charge in [-0.2, -0.15) is 0 Å². The lowest BCUT2D eigenvalue weighted by Crippen LogP contribution is -2.29. The van der Waals surface area contributed by atoms with Gasteiger partial charge in [0.1, 0.15) is 5.82 Å². The molecule has 1 heterocycles. The van der Waals surface area contributed by atoms with Gasteiger partial charge < -0.3 is 15.3 Å². The Morgan fingerprint density at radius 1 is 1.00 bits per heavy atom. The van der Waals surface area contributed by atoms with Gasteiger partial charge in [-0.1, -0.05) is 11.6 Å². The number of amides is 1. The first kappa shape index (κ1) is 15.0. The van der Waals surface area contributed by atoms with Crippen molar-refractivity contribution in [2.24, 2.45) is 0 Å². The molecule has 8 heteroatoms. The molecule has 0 aliphatic heterocycles. The number of carbonyl (C=O) groups excluding carboxylic acids is 1. The van der Waals surface area contributed by atoms with Crippen molar-refractivity contribution in [2.45, 2.75) is 0 Å². The second-order valence-electron chi connectivity index (χ2n) is 4.75. The van der Waals surface area contributed by atoms with Crippen LogP contribution in [-0.4, -0.2) is 15.9 Å². The van der Waals surface area contributed by atoms with E-state index in [1.54, 1.807) is 0 Å². The summed E-state index contributed by atoms with van der Waals surface area (Å²) in [4.78, 5) is 39.6. The number of halogens is 2. The number of H-pyrrole nitrogens is 2. The molecule has 0 unspecified atom stereocenters. The van der Waals surface area contributed by atoms with Crippen molar-refractivity contribution < 1.29 is 9.18 Å². The average Bonchev–Trinajstić information content (AvgIpc) is 2.50. The topological polar surface area (TPSA) is 94.8 Å². The van der Waals surface area contributed by atoms with E-state index in [2.05, 4.69) is 15.3 Å². The lowest BCUT2D eigenvalue weighted by Gasteiger charge is -2.08. The summed E-state index contributed by atoms with van der Waals surface area (Å²) in [6, 6.07) is 7.98. The predicted octanol–water partition coefficient (Wildman–Crippen LogP) is 2.26. The van der Waals surface area contributed by atoms with Crippen molar-refractivity contribution in [1.29, 1.82) is 0 Å². The minimum Gasteiger partial charge on any atom is -0.321 e. The largest absolute Gasteiger partial charge is 0.321 e. The molecular formula is C15H9ClFN3O3. The molecule has 1 aromatic heterocycles. The zero-order valence-electron chi connectivity index (χ0n) is 11.4. The number of aromatic amines is 2. The Balaban J connectivity index is 1.96. The molecule has 0 fully saturated rings. The smallest absolute Gasteiger partial charge is 0.314 e. The summed E-state index contributed by atoms with van der Waals surface area (Å²) in [5, 5.41) is 2.61. The third-order valence-corrected chi connectivity index (χ3v) is 3.48. The van der Waals surface area contributed by atoms with Gasteiger partial charge in [0.25, 0.3) is 5.91 Å². The molecule has 116 valence electrons. The molecule has 1 amide bonds. The summed E-state index contributed by atoms with van der Waals surface area (Å²) < 4.78 is 13.0. The summed E-state index contributed by atoms with van der Waals surface area (Å²) in [7, 11) is 0. The molecule has 3 rings (SSSR count). The molecule has 0 aliphatic carbocycles. The molecule has 0 saturated heterocycles. The number of rotatable bonds is 2. The SMILES string of the molecule is O=C(Nc1ccc(F)cc1Cl)c1ccc2[nH]c(=O)c(=O)[nH]c2c1. The van der Waals surface area contributed by atoms with Crippen LogP contribution in [-0.2, 0) is 0 Å². The lowest BCUT2D eigenvalue weighted by atomic mass is 10.1. The van der Waals surface area contributed by atoms with Crippen LogP contribution in [0.2, 0.25) is 5.02 Å². The summed E-state index contributed by atoms with van der Waals surface area (Å²) in [5.74, 6) is -1.01. The normalized spacial score (nSPS) is 10.7. The number of carbonyl (C=O) groups is 1. The average molecular weight is 334 g/mol. The first-order valence-corrected chi connectivity index (χ1v) is 6.84. The number of anilines is 1.